The molecule has 1 fully saturated rings. The number of carbonyl (C=O) groups excluding carboxylic acids is 1. The fraction of sp³-hybridized carbons (Fsp3) is 0.429. The Hall–Kier alpha value is -2.54. The Bertz CT molecular complexity index is 782. The lowest BCUT2D eigenvalue weighted by molar-refractivity contribution is 0.0955. The van der Waals surface area contributed by atoms with E-state index in [4.69, 9.17) is 0 Å². The average Bonchev–Trinajstić information content (AvgIpc) is 3.27. The van der Waals surface area contributed by atoms with Gasteiger partial charge in [0.2, 0.25) is 0 Å². The summed E-state index contributed by atoms with van der Waals surface area (Å²) in [5.74, 6) is 0.766. The van der Waals surface area contributed by atoms with Gasteiger partial charge in [0.1, 0.15) is 0 Å². The summed E-state index contributed by atoms with van der Waals surface area (Å²) in [5.41, 5.74) is 1.74. The highest BCUT2D eigenvalue weighted by atomic mass is 32.1. The number of nitrogens with one attached hydrogen (secondary N) is 3. The van der Waals surface area contributed by atoms with Crippen LogP contribution in [0, 0.1) is 0 Å². The fourth-order valence-electron chi connectivity index (χ4n) is 3.35. The molecule has 7 heteroatoms. The average molecular weight is 400 g/mol. The summed E-state index contributed by atoms with van der Waals surface area (Å²) < 4.78 is 0. The lowest BCUT2D eigenvalue weighted by atomic mass is 10.1. The molecule has 1 aromatic heterocycles. The molecule has 0 radical (unpaired) electrons. The number of hydrogen-bond donors (Lipinski definition) is 3. The first-order valence-corrected chi connectivity index (χ1v) is 10.7. The largest absolute Gasteiger partial charge is 0.363 e. The van der Waals surface area contributed by atoms with Crippen LogP contribution in [0.15, 0.2) is 46.8 Å². The third-order valence-electron chi connectivity index (χ3n) is 4.86. The van der Waals surface area contributed by atoms with Crippen molar-refractivity contribution < 1.29 is 4.79 Å². The number of thiophene rings is 1. The van der Waals surface area contributed by atoms with Crippen molar-refractivity contribution in [2.24, 2.45) is 4.99 Å². The Balaban J connectivity index is 1.48. The first kappa shape index (κ1) is 20.2. The van der Waals surface area contributed by atoms with Crippen molar-refractivity contribution in [1.82, 2.24) is 16.0 Å². The second-order valence-corrected chi connectivity index (χ2v) is 7.77. The molecule has 2 heterocycles. The Morgan fingerprint density at radius 3 is 2.71 bits per heavy atom. The number of benzene rings is 1. The molecule has 0 aliphatic carbocycles. The topological polar surface area (TPSA) is 68.8 Å². The maximum Gasteiger partial charge on any atom is 0.251 e. The van der Waals surface area contributed by atoms with Crippen molar-refractivity contribution in [1.29, 1.82) is 0 Å². The number of rotatable bonds is 6. The normalized spacial score (nSPS) is 15.4. The summed E-state index contributed by atoms with van der Waals surface area (Å²) in [6.07, 6.45) is 2.18. The minimum Gasteiger partial charge on any atom is -0.363 e. The van der Waals surface area contributed by atoms with Crippen LogP contribution in [-0.4, -0.2) is 44.6 Å². The van der Waals surface area contributed by atoms with Gasteiger partial charge in [0.05, 0.1) is 5.00 Å². The molecule has 0 unspecified atom stereocenters. The molecule has 0 bridgehead atoms. The SMILES string of the molecule is CCNC(=O)c1cccc(CNC(=NC)NC2CCN(c3cccs3)CC2)c1. The smallest absolute Gasteiger partial charge is 0.251 e. The fourth-order valence-corrected chi connectivity index (χ4v) is 4.14. The Kier molecular flexibility index (Phi) is 7.31. The molecular weight excluding hydrogens is 370 g/mol. The molecule has 3 rings (SSSR count). The van der Waals surface area contributed by atoms with Crippen molar-refractivity contribution in [3.63, 3.8) is 0 Å². The number of aliphatic imine (C=N–C) groups is 1. The second-order valence-electron chi connectivity index (χ2n) is 6.84. The van der Waals surface area contributed by atoms with E-state index in [2.05, 4.69) is 43.4 Å². The molecule has 0 spiro atoms. The first-order valence-electron chi connectivity index (χ1n) is 9.82. The molecule has 150 valence electrons. The van der Waals surface area contributed by atoms with Gasteiger partial charge in [-0.25, -0.2) is 0 Å². The third kappa shape index (κ3) is 5.48. The van der Waals surface area contributed by atoms with E-state index in [0.29, 0.717) is 24.7 Å². The van der Waals surface area contributed by atoms with Gasteiger partial charge in [-0.3, -0.25) is 9.79 Å². The van der Waals surface area contributed by atoms with Gasteiger partial charge in [-0.1, -0.05) is 12.1 Å². The number of guanidine groups is 1. The van der Waals surface area contributed by atoms with E-state index >= 15 is 0 Å². The van der Waals surface area contributed by atoms with Crippen molar-refractivity contribution >= 4 is 28.2 Å². The molecule has 3 N–H and O–H groups in total. The zero-order valence-corrected chi connectivity index (χ0v) is 17.4. The van der Waals surface area contributed by atoms with Crippen LogP contribution in [0.1, 0.15) is 35.7 Å². The molecular formula is C21H29N5OS. The molecule has 1 amide bonds. The molecule has 1 saturated heterocycles. The maximum absolute atomic E-state index is 12.0. The third-order valence-corrected chi connectivity index (χ3v) is 5.79. The number of nitrogens with zero attached hydrogens (tertiary/aromatic N) is 2. The van der Waals surface area contributed by atoms with Gasteiger partial charge in [-0.05, 0) is 55.0 Å². The number of carbonyl (C=O) groups is 1. The number of hydrogen-bond acceptors (Lipinski definition) is 4. The van der Waals surface area contributed by atoms with Gasteiger partial charge in [-0.2, -0.15) is 0 Å². The van der Waals surface area contributed by atoms with E-state index in [1.165, 1.54) is 5.00 Å². The summed E-state index contributed by atoms with van der Waals surface area (Å²) in [6.45, 7) is 5.29. The van der Waals surface area contributed by atoms with Crippen molar-refractivity contribution in [3.05, 3.63) is 52.9 Å². The zero-order chi connectivity index (χ0) is 19.8. The van der Waals surface area contributed by atoms with E-state index in [0.717, 1.165) is 37.5 Å². The summed E-state index contributed by atoms with van der Waals surface area (Å²) in [5, 5.41) is 13.2. The van der Waals surface area contributed by atoms with Gasteiger partial charge in [0, 0.05) is 44.8 Å². The Morgan fingerprint density at radius 2 is 2.04 bits per heavy atom. The minimum absolute atomic E-state index is 0.0376. The van der Waals surface area contributed by atoms with Gasteiger partial charge in [-0.15, -0.1) is 11.3 Å². The van der Waals surface area contributed by atoms with Crippen LogP contribution in [0.5, 0.6) is 0 Å². The molecule has 0 atom stereocenters. The lowest BCUT2D eigenvalue weighted by Crippen LogP contribution is -2.48. The number of anilines is 1. The molecule has 6 nitrogen and oxygen atoms in total. The lowest BCUT2D eigenvalue weighted by Gasteiger charge is -2.33. The van der Waals surface area contributed by atoms with Crippen LogP contribution in [0.2, 0.25) is 0 Å². The van der Waals surface area contributed by atoms with Gasteiger partial charge in [0.25, 0.3) is 5.91 Å². The predicted octanol–water partition coefficient (Wildman–Crippen LogP) is 2.83. The Labute approximate surface area is 171 Å². The van der Waals surface area contributed by atoms with E-state index in [9.17, 15) is 4.79 Å². The number of amides is 1. The highest BCUT2D eigenvalue weighted by Crippen LogP contribution is 2.24. The highest BCUT2D eigenvalue weighted by Gasteiger charge is 2.20. The zero-order valence-electron chi connectivity index (χ0n) is 16.6. The quantitative estimate of drug-likeness (QED) is 0.516. The summed E-state index contributed by atoms with van der Waals surface area (Å²) in [6, 6.07) is 12.4. The Morgan fingerprint density at radius 1 is 1.21 bits per heavy atom. The van der Waals surface area contributed by atoms with Gasteiger partial charge < -0.3 is 20.9 Å². The van der Waals surface area contributed by atoms with Crippen molar-refractivity contribution in [2.45, 2.75) is 32.4 Å². The van der Waals surface area contributed by atoms with Crippen LogP contribution >= 0.6 is 11.3 Å². The second kappa shape index (κ2) is 10.1. The molecule has 1 aliphatic heterocycles. The number of piperidine rings is 1. The summed E-state index contributed by atoms with van der Waals surface area (Å²) in [4.78, 5) is 18.8. The van der Waals surface area contributed by atoms with Crippen LogP contribution in [0.4, 0.5) is 5.00 Å². The monoisotopic (exact) mass is 399 g/mol. The molecule has 1 aliphatic rings. The predicted molar refractivity (Wildman–Crippen MR) is 117 cm³/mol. The highest BCUT2D eigenvalue weighted by molar-refractivity contribution is 7.14. The maximum atomic E-state index is 12.0. The molecule has 2 aromatic rings. The van der Waals surface area contributed by atoms with Crippen molar-refractivity contribution in [2.75, 3.05) is 31.6 Å². The van der Waals surface area contributed by atoms with Crippen LogP contribution in [0.3, 0.4) is 0 Å². The molecule has 1 aromatic carbocycles. The van der Waals surface area contributed by atoms with E-state index in [-0.39, 0.29) is 5.91 Å². The van der Waals surface area contributed by atoms with Gasteiger partial charge in [0.15, 0.2) is 5.96 Å². The summed E-state index contributed by atoms with van der Waals surface area (Å²) >= 11 is 1.80. The van der Waals surface area contributed by atoms with E-state index in [1.54, 1.807) is 18.4 Å². The van der Waals surface area contributed by atoms with Gasteiger partial charge >= 0.3 is 0 Å². The van der Waals surface area contributed by atoms with Crippen LogP contribution < -0.4 is 20.9 Å². The van der Waals surface area contributed by atoms with E-state index in [1.807, 2.05) is 31.2 Å². The molecule has 0 saturated carbocycles. The minimum atomic E-state index is -0.0376. The van der Waals surface area contributed by atoms with Crippen LogP contribution in [0.25, 0.3) is 0 Å². The van der Waals surface area contributed by atoms with Crippen LogP contribution in [-0.2, 0) is 6.54 Å². The van der Waals surface area contributed by atoms with E-state index < -0.39 is 0 Å². The summed E-state index contributed by atoms with van der Waals surface area (Å²) in [7, 11) is 1.79. The first-order chi connectivity index (χ1) is 13.7. The standard InChI is InChI=1S/C21H29N5OS/c1-3-23-20(27)17-7-4-6-16(14-17)15-24-21(22-2)25-18-9-11-26(12-10-18)19-8-5-13-28-19/h4-8,13-14,18H,3,9-12,15H2,1-2H3,(H,23,27)(H2,22,24,25). The van der Waals surface area contributed by atoms with Crippen molar-refractivity contribution in [3.8, 4) is 0 Å². The molecule has 28 heavy (non-hydrogen) atoms.